The summed E-state index contributed by atoms with van der Waals surface area (Å²) in [7, 11) is 0. The third kappa shape index (κ3) is 8.93. The average molecular weight is 524 g/mol. The molecule has 6 nitrogen and oxygen atoms in total. The molecule has 35 heavy (non-hydrogen) atoms. The van der Waals surface area contributed by atoms with E-state index in [1.54, 1.807) is 24.0 Å². The van der Waals surface area contributed by atoms with Crippen LogP contribution in [0.2, 0.25) is 10.0 Å². The molecule has 0 saturated heterocycles. The van der Waals surface area contributed by atoms with Crippen molar-refractivity contribution in [3.8, 4) is 11.5 Å². The lowest BCUT2D eigenvalue weighted by Gasteiger charge is -2.29. The van der Waals surface area contributed by atoms with Crippen molar-refractivity contribution in [1.82, 2.24) is 10.2 Å². The smallest absolute Gasteiger partial charge is 0.242 e. The molecule has 0 radical (unpaired) electrons. The number of hydrogen-bond acceptors (Lipinski definition) is 4. The van der Waals surface area contributed by atoms with E-state index >= 15 is 0 Å². The van der Waals surface area contributed by atoms with Crippen molar-refractivity contribution in [2.45, 2.75) is 66.0 Å². The van der Waals surface area contributed by atoms with Crippen molar-refractivity contribution < 1.29 is 19.1 Å². The van der Waals surface area contributed by atoms with Gasteiger partial charge in [0.25, 0.3) is 0 Å². The van der Waals surface area contributed by atoms with Crippen LogP contribution in [0.15, 0.2) is 36.4 Å². The molecule has 0 heterocycles. The van der Waals surface area contributed by atoms with Gasteiger partial charge in [-0.1, -0.05) is 48.7 Å². The lowest BCUT2D eigenvalue weighted by molar-refractivity contribution is -0.140. The van der Waals surface area contributed by atoms with Crippen LogP contribution in [0.4, 0.5) is 0 Å². The summed E-state index contributed by atoms with van der Waals surface area (Å²) in [6.07, 6.45) is 2.62. The lowest BCUT2D eigenvalue weighted by Crippen LogP contribution is -2.47. The van der Waals surface area contributed by atoms with Crippen LogP contribution in [-0.2, 0) is 22.6 Å². The Morgan fingerprint density at radius 1 is 0.943 bits per heavy atom. The Morgan fingerprint density at radius 2 is 1.63 bits per heavy atom. The second kappa shape index (κ2) is 14.8. The van der Waals surface area contributed by atoms with Gasteiger partial charge in [-0.15, -0.1) is 0 Å². The summed E-state index contributed by atoms with van der Waals surface area (Å²) in [5, 5.41) is 3.78. The second-order valence-electron chi connectivity index (χ2n) is 8.24. The Morgan fingerprint density at radius 3 is 2.29 bits per heavy atom. The number of nitrogens with zero attached hydrogens (tertiary/aromatic N) is 1. The maximum absolute atomic E-state index is 13.4. The van der Waals surface area contributed by atoms with E-state index in [-0.39, 0.29) is 24.8 Å². The van der Waals surface area contributed by atoms with Crippen LogP contribution in [0.5, 0.6) is 11.5 Å². The maximum atomic E-state index is 13.4. The minimum absolute atomic E-state index is 0.124. The molecule has 0 bridgehead atoms. The van der Waals surface area contributed by atoms with Gasteiger partial charge in [0, 0.05) is 19.5 Å². The average Bonchev–Trinajstić information content (AvgIpc) is 2.84. The number of halogens is 2. The van der Waals surface area contributed by atoms with Crippen LogP contribution in [0.25, 0.3) is 0 Å². The van der Waals surface area contributed by atoms with E-state index in [2.05, 4.69) is 12.2 Å². The minimum Gasteiger partial charge on any atom is -0.490 e. The maximum Gasteiger partial charge on any atom is 0.242 e. The van der Waals surface area contributed by atoms with E-state index in [9.17, 15) is 9.59 Å². The molecule has 0 aromatic heterocycles. The summed E-state index contributed by atoms with van der Waals surface area (Å²) in [6.45, 7) is 9.55. The molecule has 192 valence electrons. The molecule has 2 rings (SSSR count). The van der Waals surface area contributed by atoms with Gasteiger partial charge in [0.1, 0.15) is 6.04 Å². The molecule has 0 unspecified atom stereocenters. The van der Waals surface area contributed by atoms with Crippen molar-refractivity contribution in [2.24, 2.45) is 0 Å². The molecule has 0 aliphatic carbocycles. The topological polar surface area (TPSA) is 67.9 Å². The van der Waals surface area contributed by atoms with E-state index in [1.807, 2.05) is 38.1 Å². The van der Waals surface area contributed by atoms with Gasteiger partial charge in [-0.3, -0.25) is 9.59 Å². The van der Waals surface area contributed by atoms with Crippen molar-refractivity contribution in [3.63, 3.8) is 0 Å². The normalized spacial score (nSPS) is 11.6. The molecule has 0 fully saturated rings. The first-order chi connectivity index (χ1) is 16.8. The summed E-state index contributed by atoms with van der Waals surface area (Å²) in [4.78, 5) is 27.7. The molecule has 0 saturated carbocycles. The number of aryl methyl sites for hydroxylation is 1. The van der Waals surface area contributed by atoms with Crippen LogP contribution in [-0.4, -0.2) is 42.5 Å². The molecular formula is C27H36Cl2N2O4. The van der Waals surface area contributed by atoms with Gasteiger partial charge in [0.05, 0.1) is 23.3 Å². The molecule has 2 aromatic rings. The Hall–Kier alpha value is -2.44. The monoisotopic (exact) mass is 522 g/mol. The van der Waals surface area contributed by atoms with E-state index in [4.69, 9.17) is 32.7 Å². The number of benzene rings is 2. The molecular weight excluding hydrogens is 487 g/mol. The molecule has 0 spiro atoms. The third-order valence-electron chi connectivity index (χ3n) is 5.57. The van der Waals surface area contributed by atoms with Gasteiger partial charge in [0.15, 0.2) is 11.5 Å². The predicted molar refractivity (Wildman–Crippen MR) is 141 cm³/mol. The lowest BCUT2D eigenvalue weighted by atomic mass is 10.1. The van der Waals surface area contributed by atoms with Gasteiger partial charge in [-0.2, -0.15) is 0 Å². The van der Waals surface area contributed by atoms with Crippen molar-refractivity contribution >= 4 is 35.0 Å². The first kappa shape index (κ1) is 28.8. The fraction of sp³-hybridized carbons (Fsp3) is 0.481. The fourth-order valence-corrected chi connectivity index (χ4v) is 3.92. The predicted octanol–water partition coefficient (Wildman–Crippen LogP) is 6.06. The van der Waals surface area contributed by atoms with Gasteiger partial charge < -0.3 is 19.7 Å². The summed E-state index contributed by atoms with van der Waals surface area (Å²) in [5.41, 5.74) is 1.76. The number of amides is 2. The summed E-state index contributed by atoms with van der Waals surface area (Å²) < 4.78 is 11.3. The zero-order chi connectivity index (χ0) is 25.8. The Labute approximate surface area is 218 Å². The van der Waals surface area contributed by atoms with Crippen molar-refractivity contribution in [2.75, 3.05) is 19.8 Å². The van der Waals surface area contributed by atoms with Gasteiger partial charge >= 0.3 is 0 Å². The number of carbonyl (C=O) groups excluding carboxylic acids is 2. The van der Waals surface area contributed by atoms with Gasteiger partial charge in [-0.05, 0) is 69.0 Å². The molecule has 8 heteroatoms. The fourth-order valence-electron chi connectivity index (χ4n) is 3.60. The molecule has 1 atom stereocenters. The number of hydrogen-bond donors (Lipinski definition) is 1. The molecule has 0 aliphatic heterocycles. The highest BCUT2D eigenvalue weighted by molar-refractivity contribution is 6.42. The van der Waals surface area contributed by atoms with Crippen LogP contribution in [0.1, 0.15) is 58.1 Å². The second-order valence-corrected chi connectivity index (χ2v) is 9.05. The highest BCUT2D eigenvalue weighted by atomic mass is 35.5. The molecule has 2 aromatic carbocycles. The SMILES string of the molecule is CCCCNC(=O)[C@H](C)N(Cc1ccc(Cl)c(Cl)c1)C(=O)CCc1ccc(OCC)c(OCC)c1. The molecule has 1 N–H and O–H groups in total. The number of rotatable bonds is 14. The highest BCUT2D eigenvalue weighted by Gasteiger charge is 2.26. The van der Waals surface area contributed by atoms with Gasteiger partial charge in [-0.25, -0.2) is 0 Å². The highest BCUT2D eigenvalue weighted by Crippen LogP contribution is 2.29. The summed E-state index contributed by atoms with van der Waals surface area (Å²) >= 11 is 12.2. The van der Waals surface area contributed by atoms with Crippen LogP contribution in [0, 0.1) is 0 Å². The number of nitrogens with one attached hydrogen (secondary N) is 1. The minimum atomic E-state index is -0.631. The first-order valence-electron chi connectivity index (χ1n) is 12.2. The zero-order valence-corrected chi connectivity index (χ0v) is 22.5. The van der Waals surface area contributed by atoms with E-state index in [0.717, 1.165) is 24.0 Å². The quantitative estimate of drug-likeness (QED) is 0.306. The van der Waals surface area contributed by atoms with Crippen LogP contribution >= 0.6 is 23.2 Å². The van der Waals surface area contributed by atoms with Gasteiger partial charge in [0.2, 0.25) is 11.8 Å². The zero-order valence-electron chi connectivity index (χ0n) is 21.0. The third-order valence-corrected chi connectivity index (χ3v) is 6.31. The molecule has 2 amide bonds. The first-order valence-corrected chi connectivity index (χ1v) is 13.0. The largest absolute Gasteiger partial charge is 0.490 e. The Bertz CT molecular complexity index is 984. The summed E-state index contributed by atoms with van der Waals surface area (Å²) in [6, 6.07) is 10.3. The van der Waals surface area contributed by atoms with Crippen molar-refractivity contribution in [3.05, 3.63) is 57.6 Å². The number of carbonyl (C=O) groups is 2. The number of ether oxygens (including phenoxy) is 2. The Kier molecular flexibility index (Phi) is 12.2. The number of unbranched alkanes of at least 4 members (excludes halogenated alkanes) is 1. The van der Waals surface area contributed by atoms with E-state index in [1.165, 1.54) is 0 Å². The molecule has 0 aliphatic rings. The Balaban J connectivity index is 2.18. The van der Waals surface area contributed by atoms with Crippen LogP contribution in [0.3, 0.4) is 0 Å². The van der Waals surface area contributed by atoms with Crippen LogP contribution < -0.4 is 14.8 Å². The van der Waals surface area contributed by atoms with Crippen molar-refractivity contribution in [1.29, 1.82) is 0 Å². The van der Waals surface area contributed by atoms with E-state index in [0.29, 0.717) is 47.7 Å². The summed E-state index contributed by atoms with van der Waals surface area (Å²) in [5.74, 6) is 1.05. The van der Waals surface area contributed by atoms with E-state index < -0.39 is 6.04 Å². The standard InChI is InChI=1S/C27H36Cl2N2O4/c1-5-8-15-30-27(33)19(4)31(18-21-9-12-22(28)23(29)16-21)26(32)14-11-20-10-13-24(34-6-2)25(17-20)35-7-3/h9-10,12-13,16-17,19H,5-8,11,14-15,18H2,1-4H3,(H,30,33)/t19-/m0/s1.